The van der Waals surface area contributed by atoms with Gasteiger partial charge in [0.15, 0.2) is 6.17 Å². The maximum atomic E-state index is 6.28. The van der Waals surface area contributed by atoms with Gasteiger partial charge in [-0.15, -0.1) is 0 Å². The minimum Gasteiger partial charge on any atom is -0.441 e. The van der Waals surface area contributed by atoms with Gasteiger partial charge in [0.25, 0.3) is 0 Å². The fraction of sp³-hybridized carbons (Fsp3) is 0.308. The Labute approximate surface area is 194 Å². The highest BCUT2D eigenvalue weighted by atomic mass is 16.5. The van der Waals surface area contributed by atoms with Crippen molar-refractivity contribution in [1.82, 2.24) is 20.6 Å². The second-order valence-corrected chi connectivity index (χ2v) is 8.39. The Balaban J connectivity index is 1.30. The summed E-state index contributed by atoms with van der Waals surface area (Å²) in [5.74, 6) is 1.38. The van der Waals surface area contributed by atoms with Gasteiger partial charge < -0.3 is 10.1 Å². The summed E-state index contributed by atoms with van der Waals surface area (Å²) in [4.78, 5) is 17.9. The lowest BCUT2D eigenvalue weighted by molar-refractivity contribution is 0.477. The third-order valence-corrected chi connectivity index (χ3v) is 5.90. The van der Waals surface area contributed by atoms with E-state index in [1.807, 2.05) is 42.7 Å². The smallest absolute Gasteiger partial charge is 0.215 e. The number of nitrogens with one attached hydrogen (secondary N) is 2. The first kappa shape index (κ1) is 21.4. The van der Waals surface area contributed by atoms with Crippen molar-refractivity contribution in [2.45, 2.75) is 37.5 Å². The molecule has 0 spiro atoms. The Kier molecular flexibility index (Phi) is 6.79. The molecule has 2 aromatic heterocycles. The molecule has 5 rings (SSSR count). The van der Waals surface area contributed by atoms with Crippen molar-refractivity contribution < 1.29 is 4.74 Å². The number of nitrogens with zero attached hydrogens (tertiary/aromatic N) is 4. The number of rotatable bonds is 7. The van der Waals surface area contributed by atoms with Crippen molar-refractivity contribution in [1.29, 1.82) is 0 Å². The molecule has 3 atom stereocenters. The molecule has 168 valence electrons. The van der Waals surface area contributed by atoms with Gasteiger partial charge in [-0.2, -0.15) is 0 Å². The third kappa shape index (κ3) is 5.69. The van der Waals surface area contributed by atoms with Gasteiger partial charge in [0.2, 0.25) is 5.90 Å². The van der Waals surface area contributed by atoms with Crippen LogP contribution in [0.2, 0.25) is 0 Å². The minimum absolute atomic E-state index is 0.171. The zero-order valence-corrected chi connectivity index (χ0v) is 18.5. The topological polar surface area (TPSA) is 83.8 Å². The van der Waals surface area contributed by atoms with Crippen LogP contribution in [0.5, 0.6) is 5.75 Å². The van der Waals surface area contributed by atoms with Gasteiger partial charge in [-0.3, -0.25) is 20.3 Å². The van der Waals surface area contributed by atoms with E-state index in [-0.39, 0.29) is 12.2 Å². The fourth-order valence-corrected chi connectivity index (χ4v) is 4.12. The van der Waals surface area contributed by atoms with Crippen LogP contribution >= 0.6 is 0 Å². The molecule has 0 radical (unpaired) electrons. The third-order valence-electron chi connectivity index (χ3n) is 5.90. The van der Waals surface area contributed by atoms with Crippen molar-refractivity contribution in [2.75, 3.05) is 13.1 Å². The molecule has 2 aliphatic rings. The predicted molar refractivity (Wildman–Crippen MR) is 130 cm³/mol. The number of ether oxygens (including phenoxy) is 1. The number of hydrogen-bond donors (Lipinski definition) is 2. The van der Waals surface area contributed by atoms with Gasteiger partial charge in [0.1, 0.15) is 11.8 Å². The summed E-state index contributed by atoms with van der Waals surface area (Å²) >= 11 is 0. The molecule has 4 heterocycles. The molecule has 0 amide bonds. The molecule has 1 fully saturated rings. The van der Waals surface area contributed by atoms with E-state index in [0.717, 1.165) is 30.8 Å². The SMILES string of the molecule is C1=NC(c2cccnc2)N=C(Oc2ccc(Cc3cccnc3)cc2)C1NCC1CCCN1. The zero-order valence-electron chi connectivity index (χ0n) is 18.5. The highest BCUT2D eigenvalue weighted by molar-refractivity contribution is 6.00. The molecule has 1 saturated heterocycles. The Hall–Kier alpha value is -3.42. The van der Waals surface area contributed by atoms with Crippen LogP contribution < -0.4 is 15.4 Å². The lowest BCUT2D eigenvalue weighted by Crippen LogP contribution is -2.47. The number of benzene rings is 1. The molecular formula is C26H28N6O. The Morgan fingerprint density at radius 2 is 1.82 bits per heavy atom. The molecular weight excluding hydrogens is 412 g/mol. The zero-order chi connectivity index (χ0) is 22.3. The van der Waals surface area contributed by atoms with E-state index < -0.39 is 0 Å². The molecule has 3 aromatic rings. The first-order valence-corrected chi connectivity index (χ1v) is 11.5. The summed E-state index contributed by atoms with van der Waals surface area (Å²) in [6.07, 6.45) is 12.0. The number of aromatic nitrogens is 2. The molecule has 33 heavy (non-hydrogen) atoms. The quantitative estimate of drug-likeness (QED) is 0.589. The van der Waals surface area contributed by atoms with Crippen LogP contribution in [0.3, 0.4) is 0 Å². The summed E-state index contributed by atoms with van der Waals surface area (Å²) < 4.78 is 6.28. The lowest BCUT2D eigenvalue weighted by Gasteiger charge is -2.24. The van der Waals surface area contributed by atoms with Gasteiger partial charge in [0, 0.05) is 49.2 Å². The molecule has 1 aromatic carbocycles. The van der Waals surface area contributed by atoms with Crippen molar-refractivity contribution in [3.05, 3.63) is 90.0 Å². The normalized spacial score (nSPS) is 22.2. The summed E-state index contributed by atoms with van der Waals surface area (Å²) in [6.45, 7) is 1.93. The van der Waals surface area contributed by atoms with Gasteiger partial charge >= 0.3 is 0 Å². The first-order valence-electron chi connectivity index (χ1n) is 11.5. The standard InChI is InChI=1S/C26H28N6O/c1-4-20(15-27-11-1)14-19-7-9-23(10-8-19)33-26-24(30-17-22-6-3-13-29-22)18-31-25(32-26)21-5-2-12-28-16-21/h1-2,4-5,7-12,15-16,18,22,24-25,29-30H,3,6,13-14,17H2. The molecule has 2 aliphatic heterocycles. The van der Waals surface area contributed by atoms with E-state index in [2.05, 4.69) is 43.8 Å². The molecule has 2 N–H and O–H groups in total. The summed E-state index contributed by atoms with van der Waals surface area (Å²) in [5, 5.41) is 7.08. The first-order chi connectivity index (χ1) is 16.3. The maximum absolute atomic E-state index is 6.28. The number of pyridine rings is 2. The van der Waals surface area contributed by atoms with Gasteiger partial charge in [-0.25, -0.2) is 4.99 Å². The van der Waals surface area contributed by atoms with Gasteiger partial charge in [0.05, 0.1) is 0 Å². The van der Waals surface area contributed by atoms with Crippen molar-refractivity contribution in [3.63, 3.8) is 0 Å². The second-order valence-electron chi connectivity index (χ2n) is 8.39. The largest absolute Gasteiger partial charge is 0.441 e. The molecule has 7 nitrogen and oxygen atoms in total. The Morgan fingerprint density at radius 1 is 0.970 bits per heavy atom. The highest BCUT2D eigenvalue weighted by Gasteiger charge is 2.25. The van der Waals surface area contributed by atoms with Crippen LogP contribution in [0, 0.1) is 0 Å². The van der Waals surface area contributed by atoms with Crippen LogP contribution in [-0.2, 0) is 6.42 Å². The molecule has 3 unspecified atom stereocenters. The molecule has 0 aliphatic carbocycles. The molecule has 7 heteroatoms. The second kappa shape index (κ2) is 10.5. The van der Waals surface area contributed by atoms with Crippen LogP contribution in [0.1, 0.15) is 35.7 Å². The van der Waals surface area contributed by atoms with E-state index in [1.165, 1.54) is 24.0 Å². The summed E-state index contributed by atoms with van der Waals surface area (Å²) in [7, 11) is 0. The van der Waals surface area contributed by atoms with E-state index >= 15 is 0 Å². The average Bonchev–Trinajstić information content (AvgIpc) is 3.39. The van der Waals surface area contributed by atoms with Crippen LogP contribution in [-0.4, -0.2) is 47.3 Å². The van der Waals surface area contributed by atoms with Crippen molar-refractivity contribution >= 4 is 12.1 Å². The molecule has 0 bridgehead atoms. The monoisotopic (exact) mass is 440 g/mol. The van der Waals surface area contributed by atoms with Gasteiger partial charge in [-0.05, 0) is 61.2 Å². The summed E-state index contributed by atoms with van der Waals surface area (Å²) in [5.41, 5.74) is 3.33. The summed E-state index contributed by atoms with van der Waals surface area (Å²) in [6, 6.07) is 16.4. The average molecular weight is 441 g/mol. The Morgan fingerprint density at radius 3 is 2.55 bits per heavy atom. The molecule has 0 saturated carbocycles. The van der Waals surface area contributed by atoms with Crippen LogP contribution in [0.15, 0.2) is 83.3 Å². The number of hydrogen-bond acceptors (Lipinski definition) is 7. The van der Waals surface area contributed by atoms with Gasteiger partial charge in [-0.1, -0.05) is 24.3 Å². The number of aliphatic imine (C=N–C) groups is 2. The highest BCUT2D eigenvalue weighted by Crippen LogP contribution is 2.23. The Bertz CT molecular complexity index is 1080. The van der Waals surface area contributed by atoms with Crippen molar-refractivity contribution in [2.24, 2.45) is 9.98 Å². The van der Waals surface area contributed by atoms with Crippen LogP contribution in [0.4, 0.5) is 0 Å². The fourth-order valence-electron chi connectivity index (χ4n) is 4.12. The lowest BCUT2D eigenvalue weighted by atomic mass is 10.1. The van der Waals surface area contributed by atoms with Crippen LogP contribution in [0.25, 0.3) is 0 Å². The minimum atomic E-state index is -0.346. The van der Waals surface area contributed by atoms with E-state index in [4.69, 9.17) is 9.73 Å². The maximum Gasteiger partial charge on any atom is 0.215 e. The predicted octanol–water partition coefficient (Wildman–Crippen LogP) is 3.34. The van der Waals surface area contributed by atoms with E-state index in [1.54, 1.807) is 18.6 Å². The van der Waals surface area contributed by atoms with E-state index in [0.29, 0.717) is 11.9 Å². The van der Waals surface area contributed by atoms with E-state index in [9.17, 15) is 0 Å². The van der Waals surface area contributed by atoms with Crippen molar-refractivity contribution in [3.8, 4) is 5.75 Å².